The normalized spacial score (nSPS) is 11.0. The smallest absolute Gasteiger partial charge is 0.255 e. The molecule has 4 aromatic rings. The van der Waals surface area contributed by atoms with Gasteiger partial charge in [-0.25, -0.2) is 9.97 Å². The van der Waals surface area contributed by atoms with Gasteiger partial charge in [-0.05, 0) is 61.7 Å². The first kappa shape index (κ1) is 18.9. The van der Waals surface area contributed by atoms with Crippen molar-refractivity contribution >= 4 is 22.8 Å². The number of nitrogens with one attached hydrogen (secondary N) is 1. The van der Waals surface area contributed by atoms with Gasteiger partial charge in [-0.1, -0.05) is 31.2 Å². The molecule has 5 nitrogen and oxygen atoms in total. The third kappa shape index (κ3) is 3.76. The van der Waals surface area contributed by atoms with Crippen LogP contribution in [0.4, 0.5) is 5.69 Å². The Morgan fingerprint density at radius 2 is 1.93 bits per heavy atom. The van der Waals surface area contributed by atoms with Crippen molar-refractivity contribution in [2.75, 3.05) is 5.32 Å². The SMILES string of the molecule is CCCn1c(-c2cccc(C(=O)Nc3cc(C)ccc3C)c2)nc2cccnc21. The number of imidazole rings is 1. The maximum Gasteiger partial charge on any atom is 0.255 e. The summed E-state index contributed by atoms with van der Waals surface area (Å²) in [6, 6.07) is 17.5. The van der Waals surface area contributed by atoms with Crippen molar-refractivity contribution in [1.82, 2.24) is 14.5 Å². The molecule has 5 heteroatoms. The van der Waals surface area contributed by atoms with Crippen LogP contribution in [0.15, 0.2) is 60.8 Å². The van der Waals surface area contributed by atoms with Crippen LogP contribution in [0.5, 0.6) is 0 Å². The highest BCUT2D eigenvalue weighted by molar-refractivity contribution is 6.05. The van der Waals surface area contributed by atoms with Gasteiger partial charge in [0.2, 0.25) is 0 Å². The number of aryl methyl sites for hydroxylation is 3. The third-order valence-electron chi connectivity index (χ3n) is 4.98. The average molecular weight is 384 g/mol. The van der Waals surface area contributed by atoms with Gasteiger partial charge in [0.15, 0.2) is 5.65 Å². The first-order valence-corrected chi connectivity index (χ1v) is 9.87. The number of carbonyl (C=O) groups is 1. The highest BCUT2D eigenvalue weighted by Gasteiger charge is 2.15. The Kier molecular flexibility index (Phi) is 5.12. The lowest BCUT2D eigenvalue weighted by Crippen LogP contribution is -2.13. The highest BCUT2D eigenvalue weighted by Crippen LogP contribution is 2.25. The van der Waals surface area contributed by atoms with Crippen LogP contribution in [0.25, 0.3) is 22.6 Å². The van der Waals surface area contributed by atoms with Gasteiger partial charge < -0.3 is 9.88 Å². The summed E-state index contributed by atoms with van der Waals surface area (Å²) in [6.45, 7) is 6.96. The molecule has 0 saturated carbocycles. The Labute approximate surface area is 170 Å². The third-order valence-corrected chi connectivity index (χ3v) is 4.98. The van der Waals surface area contributed by atoms with Crippen molar-refractivity contribution in [3.63, 3.8) is 0 Å². The topological polar surface area (TPSA) is 59.8 Å². The zero-order valence-corrected chi connectivity index (χ0v) is 16.9. The van der Waals surface area contributed by atoms with Gasteiger partial charge in [0.05, 0.1) is 0 Å². The number of rotatable bonds is 5. The van der Waals surface area contributed by atoms with Crippen molar-refractivity contribution in [3.8, 4) is 11.4 Å². The minimum absolute atomic E-state index is 0.128. The van der Waals surface area contributed by atoms with Crippen molar-refractivity contribution in [3.05, 3.63) is 77.5 Å². The van der Waals surface area contributed by atoms with Crippen molar-refractivity contribution in [2.45, 2.75) is 33.7 Å². The Bertz CT molecular complexity index is 1190. The molecule has 0 radical (unpaired) electrons. The number of hydrogen-bond donors (Lipinski definition) is 1. The summed E-state index contributed by atoms with van der Waals surface area (Å²) in [7, 11) is 0. The molecule has 0 aliphatic rings. The fraction of sp³-hybridized carbons (Fsp3) is 0.208. The van der Waals surface area contributed by atoms with Gasteiger partial charge in [0, 0.05) is 29.6 Å². The zero-order chi connectivity index (χ0) is 20.4. The summed E-state index contributed by atoms with van der Waals surface area (Å²) in [5, 5.41) is 3.03. The zero-order valence-electron chi connectivity index (χ0n) is 16.9. The lowest BCUT2D eigenvalue weighted by atomic mass is 10.1. The Hall–Kier alpha value is -3.47. The van der Waals surface area contributed by atoms with E-state index in [-0.39, 0.29) is 5.91 Å². The van der Waals surface area contributed by atoms with E-state index in [2.05, 4.69) is 21.8 Å². The van der Waals surface area contributed by atoms with Gasteiger partial charge in [-0.2, -0.15) is 0 Å². The van der Waals surface area contributed by atoms with Crippen LogP contribution in [0.3, 0.4) is 0 Å². The van der Waals surface area contributed by atoms with E-state index in [1.165, 1.54) is 0 Å². The second-order valence-electron chi connectivity index (χ2n) is 7.29. The molecule has 146 valence electrons. The minimum atomic E-state index is -0.128. The summed E-state index contributed by atoms with van der Waals surface area (Å²) >= 11 is 0. The second-order valence-corrected chi connectivity index (χ2v) is 7.29. The average Bonchev–Trinajstić information content (AvgIpc) is 3.10. The quantitative estimate of drug-likeness (QED) is 0.503. The van der Waals surface area contributed by atoms with Crippen LogP contribution >= 0.6 is 0 Å². The number of benzene rings is 2. The van der Waals surface area contributed by atoms with E-state index in [4.69, 9.17) is 4.98 Å². The predicted molar refractivity (Wildman–Crippen MR) is 117 cm³/mol. The van der Waals surface area contributed by atoms with E-state index >= 15 is 0 Å². The van der Waals surface area contributed by atoms with Crippen LogP contribution in [0.2, 0.25) is 0 Å². The first-order chi connectivity index (χ1) is 14.1. The van der Waals surface area contributed by atoms with Crippen LogP contribution in [-0.2, 0) is 6.54 Å². The van der Waals surface area contributed by atoms with Crippen molar-refractivity contribution < 1.29 is 4.79 Å². The molecule has 0 spiro atoms. The molecule has 0 aliphatic heterocycles. The molecule has 0 fully saturated rings. The van der Waals surface area contributed by atoms with E-state index < -0.39 is 0 Å². The molecule has 2 aromatic heterocycles. The predicted octanol–water partition coefficient (Wildman–Crippen LogP) is 5.38. The van der Waals surface area contributed by atoms with Crippen LogP contribution in [-0.4, -0.2) is 20.4 Å². The summed E-state index contributed by atoms with van der Waals surface area (Å²) in [4.78, 5) is 22.2. The van der Waals surface area contributed by atoms with Gasteiger partial charge in [-0.3, -0.25) is 4.79 Å². The molecule has 2 aromatic carbocycles. The molecule has 1 amide bonds. The molecule has 0 aliphatic carbocycles. The van der Waals surface area contributed by atoms with E-state index in [0.717, 1.165) is 52.3 Å². The van der Waals surface area contributed by atoms with Gasteiger partial charge in [0.1, 0.15) is 11.3 Å². The largest absolute Gasteiger partial charge is 0.322 e. The lowest BCUT2D eigenvalue weighted by molar-refractivity contribution is 0.102. The van der Waals surface area contributed by atoms with E-state index in [1.807, 2.05) is 68.4 Å². The van der Waals surface area contributed by atoms with Gasteiger partial charge in [-0.15, -0.1) is 0 Å². The molecule has 0 saturated heterocycles. The summed E-state index contributed by atoms with van der Waals surface area (Å²) in [6.07, 6.45) is 2.76. The molecule has 4 rings (SSSR count). The van der Waals surface area contributed by atoms with E-state index in [1.54, 1.807) is 6.20 Å². The Morgan fingerprint density at radius 1 is 1.07 bits per heavy atom. The monoisotopic (exact) mass is 384 g/mol. The molecule has 0 bridgehead atoms. The minimum Gasteiger partial charge on any atom is -0.322 e. The summed E-state index contributed by atoms with van der Waals surface area (Å²) in [5.74, 6) is 0.707. The fourth-order valence-corrected chi connectivity index (χ4v) is 3.48. The second kappa shape index (κ2) is 7.87. The number of fused-ring (bicyclic) bond motifs is 1. The standard InChI is InChI=1S/C24H24N4O/c1-4-13-28-22(26-20-9-6-12-25-23(20)28)18-7-5-8-19(15-18)24(29)27-21-14-16(2)10-11-17(21)3/h5-12,14-15H,4,13H2,1-3H3,(H,27,29). The maximum absolute atomic E-state index is 12.9. The van der Waals surface area contributed by atoms with Crippen molar-refractivity contribution in [2.24, 2.45) is 0 Å². The van der Waals surface area contributed by atoms with Crippen molar-refractivity contribution in [1.29, 1.82) is 0 Å². The molecule has 2 heterocycles. The molecule has 0 unspecified atom stereocenters. The number of carbonyl (C=O) groups excluding carboxylic acids is 1. The van der Waals surface area contributed by atoms with E-state index in [9.17, 15) is 4.79 Å². The number of amides is 1. The Morgan fingerprint density at radius 3 is 2.76 bits per heavy atom. The number of hydrogen-bond acceptors (Lipinski definition) is 3. The number of anilines is 1. The van der Waals surface area contributed by atoms with Gasteiger partial charge >= 0.3 is 0 Å². The Balaban J connectivity index is 1.71. The maximum atomic E-state index is 12.9. The molecular formula is C24H24N4O. The van der Waals surface area contributed by atoms with Gasteiger partial charge in [0.25, 0.3) is 5.91 Å². The molecule has 29 heavy (non-hydrogen) atoms. The molecule has 1 N–H and O–H groups in total. The number of pyridine rings is 1. The van der Waals surface area contributed by atoms with Crippen LogP contribution in [0.1, 0.15) is 34.8 Å². The number of nitrogens with zero attached hydrogens (tertiary/aromatic N) is 3. The highest BCUT2D eigenvalue weighted by atomic mass is 16.1. The lowest BCUT2D eigenvalue weighted by Gasteiger charge is -2.11. The van der Waals surface area contributed by atoms with Crippen LogP contribution < -0.4 is 5.32 Å². The molecular weight excluding hydrogens is 360 g/mol. The van der Waals surface area contributed by atoms with Crippen LogP contribution in [0, 0.1) is 13.8 Å². The fourth-order valence-electron chi connectivity index (χ4n) is 3.48. The summed E-state index contributed by atoms with van der Waals surface area (Å²) in [5.41, 5.74) is 6.23. The summed E-state index contributed by atoms with van der Waals surface area (Å²) < 4.78 is 2.12. The molecule has 0 atom stereocenters. The number of aromatic nitrogens is 3. The first-order valence-electron chi connectivity index (χ1n) is 9.87. The van der Waals surface area contributed by atoms with E-state index in [0.29, 0.717) is 5.56 Å².